The number of carbonyl (C=O) groups is 1. The second kappa shape index (κ2) is 9.30. The van der Waals surface area contributed by atoms with Crippen LogP contribution in [-0.2, 0) is 0 Å². The fraction of sp³-hybridized carbons (Fsp3) is 0.278. The molecule has 8 heteroatoms. The van der Waals surface area contributed by atoms with Crippen LogP contribution < -0.4 is 10.6 Å². The Labute approximate surface area is 159 Å². The third kappa shape index (κ3) is 5.40. The normalized spacial score (nSPS) is 12.1. The van der Waals surface area contributed by atoms with Crippen LogP contribution in [0.1, 0.15) is 17.3 Å². The van der Waals surface area contributed by atoms with E-state index in [2.05, 4.69) is 17.6 Å². The summed E-state index contributed by atoms with van der Waals surface area (Å²) in [6.45, 7) is 2.94. The molecule has 1 amide bonds. The first-order valence-electron chi connectivity index (χ1n) is 7.84. The van der Waals surface area contributed by atoms with Gasteiger partial charge in [-0.2, -0.15) is 0 Å². The van der Waals surface area contributed by atoms with E-state index in [4.69, 9.17) is 11.6 Å². The molecule has 0 fully saturated rings. The summed E-state index contributed by atoms with van der Waals surface area (Å²) in [6.07, 6.45) is 0. The van der Waals surface area contributed by atoms with Crippen molar-refractivity contribution in [3.05, 3.63) is 58.4 Å². The van der Waals surface area contributed by atoms with E-state index in [-0.39, 0.29) is 11.3 Å². The topological polar surface area (TPSA) is 41.1 Å². The van der Waals surface area contributed by atoms with Crippen LogP contribution >= 0.6 is 23.4 Å². The zero-order valence-corrected chi connectivity index (χ0v) is 15.8. The largest absolute Gasteiger partial charge is 0.322 e. The van der Waals surface area contributed by atoms with E-state index in [1.54, 1.807) is 12.1 Å². The lowest BCUT2D eigenvalue weighted by Crippen LogP contribution is -2.17. The molecule has 140 valence electrons. The Balaban J connectivity index is 2.13. The SMILES string of the molecule is CNCC(C)CSc1cc(C(=O)Nc2cc(F)c(F)c(F)c2)ccc1Cl. The van der Waals surface area contributed by atoms with Crippen LogP contribution in [0.25, 0.3) is 0 Å². The van der Waals surface area contributed by atoms with E-state index < -0.39 is 23.4 Å². The highest BCUT2D eigenvalue weighted by Crippen LogP contribution is 2.30. The number of nitrogens with one attached hydrogen (secondary N) is 2. The van der Waals surface area contributed by atoms with Gasteiger partial charge in [-0.3, -0.25) is 4.79 Å². The maximum atomic E-state index is 13.3. The molecule has 0 aliphatic heterocycles. The molecule has 0 radical (unpaired) electrons. The molecule has 2 rings (SSSR count). The Morgan fingerprint density at radius 1 is 1.19 bits per heavy atom. The van der Waals surface area contributed by atoms with Crippen LogP contribution in [0.2, 0.25) is 5.02 Å². The van der Waals surface area contributed by atoms with Gasteiger partial charge in [-0.05, 0) is 37.7 Å². The summed E-state index contributed by atoms with van der Waals surface area (Å²) in [7, 11) is 1.88. The standard InChI is InChI=1S/C18H18ClF3N2OS/c1-10(8-23-2)9-26-16-5-11(3-4-13(16)19)18(25)24-12-6-14(20)17(22)15(21)7-12/h3-7,10,23H,8-9H2,1-2H3,(H,24,25). The van der Waals surface area contributed by atoms with Crippen LogP contribution in [0, 0.1) is 23.4 Å². The van der Waals surface area contributed by atoms with Gasteiger partial charge in [-0.1, -0.05) is 18.5 Å². The average Bonchev–Trinajstić information content (AvgIpc) is 2.59. The maximum Gasteiger partial charge on any atom is 0.255 e. The van der Waals surface area contributed by atoms with E-state index in [9.17, 15) is 18.0 Å². The molecule has 0 bridgehead atoms. The fourth-order valence-electron chi connectivity index (χ4n) is 2.23. The third-order valence-electron chi connectivity index (χ3n) is 3.51. The molecule has 1 unspecified atom stereocenters. The highest BCUT2D eigenvalue weighted by atomic mass is 35.5. The van der Waals surface area contributed by atoms with Gasteiger partial charge in [0.05, 0.1) is 5.02 Å². The van der Waals surface area contributed by atoms with Crippen LogP contribution in [-0.4, -0.2) is 25.3 Å². The lowest BCUT2D eigenvalue weighted by Gasteiger charge is -2.12. The summed E-state index contributed by atoms with van der Waals surface area (Å²) >= 11 is 7.69. The predicted molar refractivity (Wildman–Crippen MR) is 99.5 cm³/mol. The lowest BCUT2D eigenvalue weighted by atomic mass is 10.2. The number of hydrogen-bond acceptors (Lipinski definition) is 3. The molecule has 26 heavy (non-hydrogen) atoms. The quantitative estimate of drug-likeness (QED) is 0.508. The van der Waals surface area contributed by atoms with Gasteiger partial charge in [0.15, 0.2) is 17.5 Å². The predicted octanol–water partition coefficient (Wildman–Crippen LogP) is 4.96. The Hall–Kier alpha value is -1.70. The number of amides is 1. The molecule has 0 aliphatic rings. The Morgan fingerprint density at radius 3 is 2.46 bits per heavy atom. The zero-order valence-electron chi connectivity index (χ0n) is 14.2. The first-order chi connectivity index (χ1) is 12.3. The zero-order chi connectivity index (χ0) is 19.3. The molecule has 1 atom stereocenters. The number of rotatable bonds is 7. The van der Waals surface area contributed by atoms with Crippen molar-refractivity contribution in [2.45, 2.75) is 11.8 Å². The fourth-order valence-corrected chi connectivity index (χ4v) is 3.50. The minimum absolute atomic E-state index is 0.168. The van der Waals surface area contributed by atoms with E-state index in [1.165, 1.54) is 17.8 Å². The van der Waals surface area contributed by atoms with Gasteiger partial charge in [0.1, 0.15) is 0 Å². The van der Waals surface area contributed by atoms with Crippen LogP contribution in [0.3, 0.4) is 0 Å². The molecule has 0 aromatic heterocycles. The molecule has 0 aliphatic carbocycles. The molecule has 3 nitrogen and oxygen atoms in total. The highest BCUT2D eigenvalue weighted by Gasteiger charge is 2.14. The minimum Gasteiger partial charge on any atom is -0.322 e. The van der Waals surface area contributed by atoms with Gasteiger partial charge in [0.2, 0.25) is 0 Å². The number of anilines is 1. The molecule has 2 N–H and O–H groups in total. The number of benzene rings is 2. The summed E-state index contributed by atoms with van der Waals surface area (Å²) in [5, 5.41) is 5.96. The summed E-state index contributed by atoms with van der Waals surface area (Å²) in [4.78, 5) is 13.0. The monoisotopic (exact) mass is 402 g/mol. The highest BCUT2D eigenvalue weighted by molar-refractivity contribution is 7.99. The van der Waals surface area contributed by atoms with Crippen molar-refractivity contribution in [3.8, 4) is 0 Å². The van der Waals surface area contributed by atoms with Gasteiger partial charge in [0, 0.05) is 34.0 Å². The van der Waals surface area contributed by atoms with Gasteiger partial charge in [-0.15, -0.1) is 11.8 Å². The summed E-state index contributed by atoms with van der Waals surface area (Å²) < 4.78 is 39.5. The van der Waals surface area contributed by atoms with Crippen molar-refractivity contribution < 1.29 is 18.0 Å². The second-order valence-corrected chi connectivity index (χ2v) is 7.30. The summed E-state index contributed by atoms with van der Waals surface area (Å²) in [5.74, 6) is -3.68. The van der Waals surface area contributed by atoms with Gasteiger partial charge >= 0.3 is 0 Å². The lowest BCUT2D eigenvalue weighted by molar-refractivity contribution is 0.102. The van der Waals surface area contributed by atoms with Crippen molar-refractivity contribution in [2.75, 3.05) is 24.7 Å². The van der Waals surface area contributed by atoms with Gasteiger partial charge in [-0.25, -0.2) is 13.2 Å². The molecular formula is C18H18ClF3N2OS. The average molecular weight is 403 g/mol. The first kappa shape index (κ1) is 20.6. The maximum absolute atomic E-state index is 13.3. The van der Waals surface area contributed by atoms with Crippen molar-refractivity contribution in [1.82, 2.24) is 5.32 Å². The van der Waals surface area contributed by atoms with Crippen LogP contribution in [0.4, 0.5) is 18.9 Å². The number of halogens is 4. The minimum atomic E-state index is -1.58. The van der Waals surface area contributed by atoms with E-state index in [1.807, 2.05) is 7.05 Å². The van der Waals surface area contributed by atoms with Crippen molar-refractivity contribution in [2.24, 2.45) is 5.92 Å². The van der Waals surface area contributed by atoms with E-state index in [0.29, 0.717) is 10.9 Å². The number of hydrogen-bond donors (Lipinski definition) is 2. The van der Waals surface area contributed by atoms with Crippen LogP contribution in [0.15, 0.2) is 35.2 Å². The van der Waals surface area contributed by atoms with E-state index >= 15 is 0 Å². The van der Waals surface area contributed by atoms with E-state index in [0.717, 1.165) is 29.3 Å². The van der Waals surface area contributed by atoms with Crippen LogP contribution in [0.5, 0.6) is 0 Å². The Morgan fingerprint density at radius 2 is 1.85 bits per heavy atom. The molecule has 0 spiro atoms. The third-order valence-corrected chi connectivity index (χ3v) is 5.34. The van der Waals surface area contributed by atoms with Crippen molar-refractivity contribution >= 4 is 35.0 Å². The summed E-state index contributed by atoms with van der Waals surface area (Å²) in [5.41, 5.74) is 0.113. The van der Waals surface area contributed by atoms with Gasteiger partial charge in [0.25, 0.3) is 5.91 Å². The Bertz CT molecular complexity index is 781. The molecule has 0 saturated carbocycles. The molecule has 2 aromatic rings. The smallest absolute Gasteiger partial charge is 0.255 e. The molecular weight excluding hydrogens is 385 g/mol. The van der Waals surface area contributed by atoms with Crippen molar-refractivity contribution in [1.29, 1.82) is 0 Å². The summed E-state index contributed by atoms with van der Waals surface area (Å²) in [6, 6.07) is 6.16. The molecule has 0 heterocycles. The molecule has 0 saturated heterocycles. The van der Waals surface area contributed by atoms with Crippen molar-refractivity contribution in [3.63, 3.8) is 0 Å². The first-order valence-corrected chi connectivity index (χ1v) is 9.21. The number of carbonyl (C=O) groups excluding carboxylic acids is 1. The van der Waals surface area contributed by atoms with Gasteiger partial charge < -0.3 is 10.6 Å². The molecule has 2 aromatic carbocycles. The Kier molecular flexibility index (Phi) is 7.37. The second-order valence-electron chi connectivity index (χ2n) is 5.83. The number of thioether (sulfide) groups is 1.